The summed E-state index contributed by atoms with van der Waals surface area (Å²) in [7, 11) is 0. The molecule has 2 fully saturated rings. The summed E-state index contributed by atoms with van der Waals surface area (Å²) in [4.78, 5) is 73.2. The molecule has 13 nitrogen and oxygen atoms in total. The minimum atomic E-state index is -1.10. The second-order valence-electron chi connectivity index (χ2n) is 7.22. The number of morpholine rings is 2. The van der Waals surface area contributed by atoms with Crippen LogP contribution in [0.4, 0.5) is 0 Å². The Balaban J connectivity index is 2.05. The quantitative estimate of drug-likeness (QED) is 0.202. The van der Waals surface area contributed by atoms with Gasteiger partial charge >= 0.3 is 35.8 Å². The highest BCUT2D eigenvalue weighted by Gasteiger charge is 2.32. The number of carboxylic acids is 1. The summed E-state index contributed by atoms with van der Waals surface area (Å²) in [6.45, 7) is 0.987. The van der Waals surface area contributed by atoms with Crippen LogP contribution in [0.3, 0.4) is 0 Å². The molecular formula is C18H25N3O10. The molecule has 13 heteroatoms. The summed E-state index contributed by atoms with van der Waals surface area (Å²) in [6.07, 6.45) is 0.255. The molecule has 2 rings (SSSR count). The third-order valence-electron chi connectivity index (χ3n) is 4.66. The second kappa shape index (κ2) is 11.5. The van der Waals surface area contributed by atoms with E-state index in [1.165, 1.54) is 6.92 Å². The summed E-state index contributed by atoms with van der Waals surface area (Å²) in [5, 5.41) is 9.27. The van der Waals surface area contributed by atoms with E-state index >= 15 is 0 Å². The summed E-state index contributed by atoms with van der Waals surface area (Å²) >= 11 is 0. The van der Waals surface area contributed by atoms with Crippen LogP contribution in [-0.2, 0) is 43.0 Å². The maximum absolute atomic E-state index is 11.7. The lowest BCUT2D eigenvalue weighted by Crippen LogP contribution is -2.54. The van der Waals surface area contributed by atoms with E-state index < -0.39 is 41.9 Å². The molecule has 0 saturated carbocycles. The third kappa shape index (κ3) is 8.78. The highest BCUT2D eigenvalue weighted by atomic mass is 16.6. The second-order valence-corrected chi connectivity index (χ2v) is 7.22. The minimum Gasteiger partial charge on any atom is -0.480 e. The fourth-order valence-electron chi connectivity index (χ4n) is 3.34. The zero-order chi connectivity index (χ0) is 23.0. The van der Waals surface area contributed by atoms with Gasteiger partial charge in [-0.25, -0.2) is 0 Å². The van der Waals surface area contributed by atoms with Crippen molar-refractivity contribution in [2.75, 3.05) is 59.0 Å². The molecule has 2 aliphatic rings. The van der Waals surface area contributed by atoms with Gasteiger partial charge in [0.15, 0.2) is 0 Å². The van der Waals surface area contributed by atoms with Gasteiger partial charge in [-0.05, 0) is 6.42 Å². The Morgan fingerprint density at radius 2 is 1.58 bits per heavy atom. The Labute approximate surface area is 177 Å². The van der Waals surface area contributed by atoms with Gasteiger partial charge in [-0.1, -0.05) is 0 Å². The van der Waals surface area contributed by atoms with Gasteiger partial charge in [-0.2, -0.15) is 0 Å². The summed E-state index contributed by atoms with van der Waals surface area (Å²) in [5.74, 6) is -4.37. The molecule has 0 aromatic carbocycles. The lowest BCUT2D eigenvalue weighted by atomic mass is 10.1. The molecule has 1 atom stereocenters. The van der Waals surface area contributed by atoms with E-state index in [2.05, 4.69) is 9.47 Å². The van der Waals surface area contributed by atoms with Gasteiger partial charge in [-0.15, -0.1) is 0 Å². The number of hydrogen-bond donors (Lipinski definition) is 1. The number of nitrogens with zero attached hydrogens (tertiary/aromatic N) is 3. The Hall–Kier alpha value is -2.90. The monoisotopic (exact) mass is 443 g/mol. The van der Waals surface area contributed by atoms with Crippen molar-refractivity contribution in [3.63, 3.8) is 0 Å². The Morgan fingerprint density at radius 3 is 2.10 bits per heavy atom. The normalized spacial score (nSPS) is 19.2. The van der Waals surface area contributed by atoms with E-state index in [4.69, 9.17) is 4.74 Å². The van der Waals surface area contributed by atoms with Crippen LogP contribution in [-0.4, -0.2) is 121 Å². The van der Waals surface area contributed by atoms with Crippen molar-refractivity contribution >= 4 is 35.8 Å². The van der Waals surface area contributed by atoms with Gasteiger partial charge < -0.3 is 19.3 Å². The molecule has 0 aromatic rings. The first kappa shape index (κ1) is 24.4. The molecule has 172 valence electrons. The highest BCUT2D eigenvalue weighted by molar-refractivity contribution is 5.90. The van der Waals surface area contributed by atoms with Crippen molar-refractivity contribution in [3.05, 3.63) is 0 Å². The summed E-state index contributed by atoms with van der Waals surface area (Å²) in [5.41, 5.74) is 0. The van der Waals surface area contributed by atoms with E-state index in [1.807, 2.05) is 0 Å². The van der Waals surface area contributed by atoms with Crippen LogP contribution >= 0.6 is 0 Å². The standard InChI is InChI=1S/C18H25N3O10/c1-12(22)29-5-2-13(21-10-17(27)31-18(28)11-21)6-19(7-14(23)24)3-4-20-8-15(25)30-16(26)9-20/h13H,2-11H2,1H3,(H,23,24). The smallest absolute Gasteiger partial charge is 0.327 e. The molecule has 1 N–H and O–H groups in total. The number of carbonyl (C=O) groups is 6. The number of aliphatic carboxylic acids is 1. The predicted molar refractivity (Wildman–Crippen MR) is 99.3 cm³/mol. The highest BCUT2D eigenvalue weighted by Crippen LogP contribution is 2.12. The van der Waals surface area contributed by atoms with Gasteiger partial charge in [-0.3, -0.25) is 43.5 Å². The van der Waals surface area contributed by atoms with E-state index in [0.29, 0.717) is 0 Å². The number of carbonyl (C=O) groups excluding carboxylic acids is 5. The number of rotatable bonds is 11. The molecule has 2 saturated heterocycles. The first-order valence-corrected chi connectivity index (χ1v) is 9.63. The zero-order valence-electron chi connectivity index (χ0n) is 17.1. The lowest BCUT2D eigenvalue weighted by Gasteiger charge is -2.36. The number of carboxylic acid groups (broad SMARTS) is 1. The van der Waals surface area contributed by atoms with Crippen LogP contribution in [0, 0.1) is 0 Å². The lowest BCUT2D eigenvalue weighted by molar-refractivity contribution is -0.169. The molecule has 0 aromatic heterocycles. The van der Waals surface area contributed by atoms with Crippen LogP contribution in [0.25, 0.3) is 0 Å². The zero-order valence-corrected chi connectivity index (χ0v) is 17.1. The van der Waals surface area contributed by atoms with Gasteiger partial charge in [0.05, 0.1) is 39.3 Å². The van der Waals surface area contributed by atoms with Crippen LogP contribution in [0.5, 0.6) is 0 Å². The molecule has 0 bridgehead atoms. The van der Waals surface area contributed by atoms with Crippen molar-refractivity contribution in [3.8, 4) is 0 Å². The molecule has 0 aliphatic carbocycles. The molecular weight excluding hydrogens is 418 g/mol. The average molecular weight is 443 g/mol. The predicted octanol–water partition coefficient (Wildman–Crippen LogP) is -2.53. The SMILES string of the molecule is CC(=O)OCCC(CN(CCN1CC(=O)OC(=O)C1)CC(=O)O)N1CC(=O)OC(=O)C1. The van der Waals surface area contributed by atoms with Crippen molar-refractivity contribution in [1.29, 1.82) is 0 Å². The Kier molecular flexibility index (Phi) is 9.03. The molecule has 1 unspecified atom stereocenters. The van der Waals surface area contributed by atoms with Gasteiger partial charge in [0.1, 0.15) is 0 Å². The van der Waals surface area contributed by atoms with E-state index in [0.717, 1.165) is 0 Å². The van der Waals surface area contributed by atoms with E-state index in [9.17, 15) is 33.9 Å². The molecule has 0 radical (unpaired) electrons. The fraction of sp³-hybridized carbons (Fsp3) is 0.667. The van der Waals surface area contributed by atoms with Gasteiger partial charge in [0.25, 0.3) is 0 Å². The van der Waals surface area contributed by atoms with Crippen molar-refractivity contribution in [2.24, 2.45) is 0 Å². The summed E-state index contributed by atoms with van der Waals surface area (Å²) in [6, 6.07) is -0.483. The molecule has 0 spiro atoms. The Morgan fingerprint density at radius 1 is 1.03 bits per heavy atom. The maximum Gasteiger partial charge on any atom is 0.327 e. The first-order chi connectivity index (χ1) is 14.6. The third-order valence-corrected chi connectivity index (χ3v) is 4.66. The number of cyclic esters (lactones) is 4. The Bertz CT molecular complexity index is 708. The molecule has 2 aliphatic heterocycles. The minimum absolute atomic E-state index is 0.0209. The number of esters is 5. The van der Waals surface area contributed by atoms with Crippen LogP contribution < -0.4 is 0 Å². The molecule has 2 heterocycles. The van der Waals surface area contributed by atoms with Crippen molar-refractivity contribution in [1.82, 2.24) is 14.7 Å². The van der Waals surface area contributed by atoms with Crippen molar-refractivity contribution < 1.29 is 48.1 Å². The average Bonchev–Trinajstić information content (AvgIpc) is 2.63. The van der Waals surface area contributed by atoms with Crippen LogP contribution in [0.2, 0.25) is 0 Å². The fourth-order valence-corrected chi connectivity index (χ4v) is 3.34. The maximum atomic E-state index is 11.7. The molecule has 0 amide bonds. The number of ether oxygens (including phenoxy) is 3. The van der Waals surface area contributed by atoms with E-state index in [-0.39, 0.29) is 65.4 Å². The topological polar surface area (TPSA) is 160 Å². The van der Waals surface area contributed by atoms with E-state index in [1.54, 1.807) is 14.7 Å². The van der Waals surface area contributed by atoms with Crippen LogP contribution in [0.15, 0.2) is 0 Å². The first-order valence-electron chi connectivity index (χ1n) is 9.63. The van der Waals surface area contributed by atoms with Crippen LogP contribution in [0.1, 0.15) is 13.3 Å². The van der Waals surface area contributed by atoms with Gasteiger partial charge in [0, 0.05) is 32.6 Å². The summed E-state index contributed by atoms with van der Waals surface area (Å²) < 4.78 is 14.0. The molecule has 31 heavy (non-hydrogen) atoms. The van der Waals surface area contributed by atoms with Crippen molar-refractivity contribution in [2.45, 2.75) is 19.4 Å². The van der Waals surface area contributed by atoms with Gasteiger partial charge in [0.2, 0.25) is 0 Å². The largest absolute Gasteiger partial charge is 0.480 e. The number of hydrogen-bond acceptors (Lipinski definition) is 12.